The first-order chi connectivity index (χ1) is 18.9. The number of benzene rings is 2. The molecule has 1 N–H and O–H groups in total. The first-order valence-electron chi connectivity index (χ1n) is 13.2. The van der Waals surface area contributed by atoms with Crippen molar-refractivity contribution in [1.82, 2.24) is 19.4 Å². The van der Waals surface area contributed by atoms with Crippen LogP contribution in [0.2, 0.25) is 0 Å². The Balaban J connectivity index is 1.43. The van der Waals surface area contributed by atoms with E-state index in [9.17, 15) is 18.7 Å². The van der Waals surface area contributed by atoms with Crippen LogP contribution in [0.15, 0.2) is 48.7 Å². The maximum Gasteiger partial charge on any atom is 0.387 e. The largest absolute Gasteiger partial charge is 0.488 e. The van der Waals surface area contributed by atoms with Crippen molar-refractivity contribution in [1.29, 1.82) is 0 Å². The highest BCUT2D eigenvalue weighted by Gasteiger charge is 2.45. The van der Waals surface area contributed by atoms with Gasteiger partial charge in [-0.1, -0.05) is 12.1 Å². The van der Waals surface area contributed by atoms with Crippen LogP contribution in [0.25, 0.3) is 22.2 Å². The van der Waals surface area contributed by atoms with Crippen LogP contribution in [0.3, 0.4) is 0 Å². The molecule has 0 saturated heterocycles. The zero-order valence-electron chi connectivity index (χ0n) is 22.5. The van der Waals surface area contributed by atoms with Gasteiger partial charge in [0.2, 0.25) is 0 Å². The summed E-state index contributed by atoms with van der Waals surface area (Å²) in [6.07, 6.45) is 1.76. The zero-order valence-corrected chi connectivity index (χ0v) is 19.5. The summed E-state index contributed by atoms with van der Waals surface area (Å²) >= 11 is 0. The van der Waals surface area contributed by atoms with Gasteiger partial charge in [-0.05, 0) is 42.8 Å². The fraction of sp³-hybridized carbons (Fsp3) is 0.296. The van der Waals surface area contributed by atoms with Gasteiger partial charge in [0.1, 0.15) is 35.2 Å². The lowest BCUT2D eigenvalue weighted by Crippen LogP contribution is -2.30. The van der Waals surface area contributed by atoms with Gasteiger partial charge in [-0.2, -0.15) is 8.78 Å². The summed E-state index contributed by atoms with van der Waals surface area (Å²) in [5.74, 6) is -0.148. The molecule has 0 radical (unpaired) electrons. The molecular weight excluding hydrogens is 482 g/mol. The van der Waals surface area contributed by atoms with E-state index in [2.05, 4.69) is 4.98 Å². The van der Waals surface area contributed by atoms with E-state index < -0.39 is 37.2 Å². The van der Waals surface area contributed by atoms with E-state index in [0.717, 1.165) is 10.5 Å². The average molecular weight is 508 g/mol. The van der Waals surface area contributed by atoms with Gasteiger partial charge in [0, 0.05) is 40.4 Å². The summed E-state index contributed by atoms with van der Waals surface area (Å²) in [5, 5.41) is 10.5. The lowest BCUT2D eigenvalue weighted by molar-refractivity contribution is -0.0507. The molecule has 0 saturated carbocycles. The van der Waals surface area contributed by atoms with Crippen LogP contribution in [0.1, 0.15) is 57.0 Å². The Labute approximate surface area is 214 Å². The summed E-state index contributed by atoms with van der Waals surface area (Å²) in [6, 6.07) is 9.84. The van der Waals surface area contributed by atoms with Crippen molar-refractivity contribution in [2.75, 3.05) is 13.6 Å². The second-order valence-corrected chi connectivity index (χ2v) is 9.72. The topological polar surface area (TPSA) is 89.7 Å². The van der Waals surface area contributed by atoms with Crippen molar-refractivity contribution in [3.05, 3.63) is 71.3 Å². The predicted octanol–water partition coefficient (Wildman–Crippen LogP) is 4.42. The van der Waals surface area contributed by atoms with E-state index in [4.69, 9.17) is 18.6 Å². The lowest BCUT2D eigenvalue weighted by Gasteiger charge is -2.24. The van der Waals surface area contributed by atoms with E-state index in [0.29, 0.717) is 33.9 Å². The Morgan fingerprint density at radius 2 is 2.11 bits per heavy atom. The molecule has 3 aliphatic rings. The minimum Gasteiger partial charge on any atom is -0.488 e. The standard InChI is InChI=1S/C27H22F2N4O4/c1-27(35)12-36-21-9-14(11-30-23(21)27)13-6-7-16-17(8-13)33-18-10-19(24(33)31-16)32(2)25(34)15-4-3-5-20(22(15)18)37-26(28)29/h3-9,11,18-19,26,35H,10,12H2,1-2H3/t18-,19-,27-/m1/s1/i2D3. The van der Waals surface area contributed by atoms with Crippen LogP contribution in [0.4, 0.5) is 8.78 Å². The molecule has 1 amide bonds. The summed E-state index contributed by atoms with van der Waals surface area (Å²) in [7, 11) is 0. The number of amides is 1. The molecule has 188 valence electrons. The SMILES string of the molecule is [2H]C([2H])([2H])N1C(=O)c2cccc(OC(F)F)c2[C@H]2C[C@@H]1c1nc3ccc(-c4cnc5c(c4)OC[C@@]5(C)O)cc3n12. The second-order valence-electron chi connectivity index (χ2n) is 9.72. The second kappa shape index (κ2) is 7.48. The molecule has 2 aromatic heterocycles. The van der Waals surface area contributed by atoms with Crippen LogP contribution in [-0.2, 0) is 5.60 Å². The first kappa shape index (κ1) is 19.1. The molecule has 2 bridgehead atoms. The van der Waals surface area contributed by atoms with Crippen molar-refractivity contribution in [3.8, 4) is 22.6 Å². The van der Waals surface area contributed by atoms with E-state index in [1.807, 2.05) is 16.7 Å². The zero-order chi connectivity index (χ0) is 28.1. The number of alkyl halides is 2. The molecule has 7 rings (SSSR count). The molecule has 3 aliphatic heterocycles. The fourth-order valence-corrected chi connectivity index (χ4v) is 5.69. The molecule has 0 spiro atoms. The van der Waals surface area contributed by atoms with Gasteiger partial charge in [-0.15, -0.1) is 0 Å². The number of hydrogen-bond acceptors (Lipinski definition) is 6. The summed E-state index contributed by atoms with van der Waals surface area (Å²) < 4.78 is 63.5. The number of nitrogens with zero attached hydrogens (tertiary/aromatic N) is 4. The van der Waals surface area contributed by atoms with Crippen LogP contribution >= 0.6 is 0 Å². The smallest absolute Gasteiger partial charge is 0.387 e. The number of carbonyl (C=O) groups is 1. The molecule has 0 aliphatic carbocycles. The van der Waals surface area contributed by atoms with Crippen molar-refractivity contribution < 1.29 is 32.3 Å². The van der Waals surface area contributed by atoms with E-state index >= 15 is 0 Å². The van der Waals surface area contributed by atoms with Crippen LogP contribution < -0.4 is 9.47 Å². The predicted molar refractivity (Wildman–Crippen MR) is 129 cm³/mol. The summed E-state index contributed by atoms with van der Waals surface area (Å²) in [4.78, 5) is 23.5. The number of ether oxygens (including phenoxy) is 2. The molecule has 3 atom stereocenters. The van der Waals surface area contributed by atoms with Crippen molar-refractivity contribution in [3.63, 3.8) is 0 Å². The number of halogens is 2. The van der Waals surface area contributed by atoms with Gasteiger partial charge in [0.15, 0.2) is 0 Å². The molecule has 4 aromatic rings. The quantitative estimate of drug-likeness (QED) is 0.442. The first-order valence-corrected chi connectivity index (χ1v) is 11.7. The molecule has 0 fully saturated rings. The minimum absolute atomic E-state index is 0.00236. The Morgan fingerprint density at radius 3 is 2.92 bits per heavy atom. The number of pyridine rings is 1. The van der Waals surface area contributed by atoms with Crippen LogP contribution in [0, 0.1) is 0 Å². The maximum atomic E-state index is 13.6. The third kappa shape index (κ3) is 3.11. The normalized spacial score (nSPS) is 25.2. The molecule has 8 nitrogen and oxygen atoms in total. The van der Waals surface area contributed by atoms with Gasteiger partial charge < -0.3 is 24.0 Å². The molecule has 2 aromatic carbocycles. The molecule has 37 heavy (non-hydrogen) atoms. The van der Waals surface area contributed by atoms with E-state index in [1.165, 1.54) is 18.2 Å². The van der Waals surface area contributed by atoms with Crippen molar-refractivity contribution in [2.24, 2.45) is 0 Å². The highest BCUT2D eigenvalue weighted by molar-refractivity contribution is 5.98. The van der Waals surface area contributed by atoms with E-state index in [-0.39, 0.29) is 29.9 Å². The molecule has 0 unspecified atom stereocenters. The lowest BCUT2D eigenvalue weighted by atomic mass is 9.97. The van der Waals surface area contributed by atoms with Gasteiger partial charge >= 0.3 is 6.61 Å². The van der Waals surface area contributed by atoms with Gasteiger partial charge in [0.25, 0.3) is 5.91 Å². The highest BCUT2D eigenvalue weighted by Crippen LogP contribution is 2.50. The number of imidazole rings is 1. The average Bonchev–Trinajstić information content (AvgIpc) is 3.49. The Bertz CT molecular complexity index is 1720. The monoisotopic (exact) mass is 507 g/mol. The summed E-state index contributed by atoms with van der Waals surface area (Å²) in [6.45, 7) is -4.21. The Kier molecular flexibility index (Phi) is 3.87. The molecule has 5 heterocycles. The van der Waals surface area contributed by atoms with Crippen molar-refractivity contribution in [2.45, 2.75) is 37.6 Å². The minimum atomic E-state index is -3.14. The number of hydrogen-bond donors (Lipinski definition) is 1. The maximum absolute atomic E-state index is 13.6. The number of fused-ring (bicyclic) bond motifs is 10. The summed E-state index contributed by atoms with van der Waals surface area (Å²) in [5.41, 5.74) is 2.11. The van der Waals surface area contributed by atoms with Crippen LogP contribution in [-0.4, -0.2) is 50.6 Å². The third-order valence-corrected chi connectivity index (χ3v) is 7.35. The molecule has 10 heteroatoms. The third-order valence-electron chi connectivity index (χ3n) is 7.35. The Hall–Kier alpha value is -4.05. The van der Waals surface area contributed by atoms with Gasteiger partial charge in [-0.3, -0.25) is 9.78 Å². The Morgan fingerprint density at radius 1 is 1.24 bits per heavy atom. The van der Waals surface area contributed by atoms with Gasteiger partial charge in [-0.25, -0.2) is 4.98 Å². The highest BCUT2D eigenvalue weighted by atomic mass is 19.3. The fourth-order valence-electron chi connectivity index (χ4n) is 5.69. The van der Waals surface area contributed by atoms with Crippen molar-refractivity contribution >= 4 is 16.9 Å². The molecular formula is C27H22F2N4O4. The number of aliphatic hydroxyl groups is 1. The van der Waals surface area contributed by atoms with Gasteiger partial charge in [0.05, 0.1) is 23.1 Å². The van der Waals surface area contributed by atoms with E-state index in [1.54, 1.807) is 25.3 Å². The van der Waals surface area contributed by atoms with Crippen LogP contribution in [0.5, 0.6) is 11.5 Å². The number of aromatic nitrogens is 3. The number of rotatable bonds is 3. The number of carbonyl (C=O) groups excluding carboxylic acids is 1.